The van der Waals surface area contributed by atoms with Crippen LogP contribution < -0.4 is 10.6 Å². The Morgan fingerprint density at radius 3 is 1.79 bits per heavy atom. The maximum absolute atomic E-state index is 13.9. The summed E-state index contributed by atoms with van der Waals surface area (Å²) in [5.74, 6) is -10.00. The van der Waals surface area contributed by atoms with Crippen LogP contribution in [0.15, 0.2) is 24.3 Å². The van der Waals surface area contributed by atoms with Gasteiger partial charge < -0.3 is 15.4 Å². The number of nitrogens with zero attached hydrogens (tertiary/aromatic N) is 1. The fourth-order valence-corrected chi connectivity index (χ4v) is 2.42. The molecular weight excluding hydrogens is 400 g/mol. The van der Waals surface area contributed by atoms with E-state index in [0.717, 1.165) is 24.3 Å². The molecule has 2 amide bonds. The number of nitrogen functional groups attached to an aromatic ring is 1. The fourth-order valence-electron chi connectivity index (χ4n) is 2.42. The van der Waals surface area contributed by atoms with Gasteiger partial charge in [0.1, 0.15) is 18.0 Å². The van der Waals surface area contributed by atoms with Gasteiger partial charge in [0.2, 0.25) is 0 Å². The van der Waals surface area contributed by atoms with Crippen LogP contribution in [0, 0.1) is 23.3 Å². The third kappa shape index (κ3) is 3.93. The zero-order valence-corrected chi connectivity index (χ0v) is 14.5. The van der Waals surface area contributed by atoms with Crippen LogP contribution in [0.2, 0.25) is 0 Å². The third-order valence-corrected chi connectivity index (χ3v) is 3.84. The highest BCUT2D eigenvalue weighted by Gasteiger charge is 2.32. The molecule has 0 unspecified atom stereocenters. The summed E-state index contributed by atoms with van der Waals surface area (Å²) in [7, 11) is 0. The monoisotopic (exact) mass is 412 g/mol. The standard InChI is InChI=1S/C17H10F4N2O4.CH2O/c18-12-11(13(19)15(21)16(22)14(12)20)17(26)7-1-3-8(4-2-7)27-23-9(24)5-6-10(23)25;1-2/h1-4H,5-6,22H2;1H2. The quantitative estimate of drug-likeness (QED) is 0.272. The molecule has 1 fully saturated rings. The number of nitrogens with two attached hydrogens (primary N) is 1. The SMILES string of the molecule is C=O.Nc1c(F)c(F)c(C(=O)c2ccc(ON3C(=O)CCC3=O)cc2)c(F)c1F. The van der Waals surface area contributed by atoms with Gasteiger partial charge in [0.05, 0.1) is 0 Å². The Morgan fingerprint density at radius 1 is 0.897 bits per heavy atom. The van der Waals surface area contributed by atoms with Crippen molar-refractivity contribution in [2.45, 2.75) is 12.8 Å². The fraction of sp³-hybridized carbons (Fsp3) is 0.111. The van der Waals surface area contributed by atoms with Gasteiger partial charge in [-0.3, -0.25) is 14.4 Å². The molecule has 0 saturated carbocycles. The average molecular weight is 412 g/mol. The number of ketones is 1. The average Bonchev–Trinajstić information content (AvgIpc) is 3.05. The van der Waals surface area contributed by atoms with Crippen LogP contribution in [0.25, 0.3) is 0 Å². The topological polar surface area (TPSA) is 107 Å². The van der Waals surface area contributed by atoms with Crippen molar-refractivity contribution >= 4 is 30.1 Å². The lowest BCUT2D eigenvalue weighted by Gasteiger charge is -2.14. The summed E-state index contributed by atoms with van der Waals surface area (Å²) < 4.78 is 54.8. The smallest absolute Gasteiger partial charge is 0.263 e. The van der Waals surface area contributed by atoms with Crippen molar-refractivity contribution in [3.8, 4) is 5.75 Å². The molecule has 1 aliphatic heterocycles. The van der Waals surface area contributed by atoms with Gasteiger partial charge in [0.25, 0.3) is 11.8 Å². The Balaban J connectivity index is 0.00000145. The third-order valence-electron chi connectivity index (χ3n) is 3.84. The molecule has 0 atom stereocenters. The van der Waals surface area contributed by atoms with Gasteiger partial charge in [-0.05, 0) is 24.3 Å². The number of anilines is 1. The van der Waals surface area contributed by atoms with Crippen LogP contribution in [0.1, 0.15) is 28.8 Å². The number of carbonyl (C=O) groups excluding carboxylic acids is 4. The van der Waals surface area contributed by atoms with Gasteiger partial charge in [-0.1, -0.05) is 0 Å². The second kappa shape index (κ2) is 8.50. The van der Waals surface area contributed by atoms with Gasteiger partial charge in [-0.25, -0.2) is 17.6 Å². The summed E-state index contributed by atoms with van der Waals surface area (Å²) in [6.07, 6.45) is 0.00441. The molecule has 1 aliphatic rings. The second-order valence-corrected chi connectivity index (χ2v) is 5.57. The number of halogens is 4. The Hall–Kier alpha value is -3.76. The van der Waals surface area contributed by atoms with Crippen molar-refractivity contribution in [3.05, 3.63) is 58.7 Å². The van der Waals surface area contributed by atoms with Crippen molar-refractivity contribution in [1.29, 1.82) is 0 Å². The first kappa shape index (κ1) is 21.5. The molecule has 2 aromatic rings. The molecule has 0 aliphatic carbocycles. The van der Waals surface area contributed by atoms with E-state index >= 15 is 0 Å². The van der Waals surface area contributed by atoms with E-state index in [1.165, 1.54) is 0 Å². The Labute approximate surface area is 160 Å². The zero-order chi connectivity index (χ0) is 21.9. The molecule has 0 radical (unpaired) electrons. The van der Waals surface area contributed by atoms with Crippen molar-refractivity contribution in [2.24, 2.45) is 0 Å². The van der Waals surface area contributed by atoms with Crippen molar-refractivity contribution < 1.29 is 41.6 Å². The van der Waals surface area contributed by atoms with Gasteiger partial charge in [-0.15, -0.1) is 5.06 Å². The molecule has 0 spiro atoms. The van der Waals surface area contributed by atoms with Crippen LogP contribution >= 0.6 is 0 Å². The van der Waals surface area contributed by atoms with E-state index in [2.05, 4.69) is 0 Å². The Kier molecular flexibility index (Phi) is 6.32. The molecule has 1 saturated heterocycles. The Bertz CT molecular complexity index is 950. The lowest BCUT2D eigenvalue weighted by molar-refractivity contribution is -0.164. The molecular formula is C18H12F4N2O5. The molecule has 29 heavy (non-hydrogen) atoms. The van der Waals surface area contributed by atoms with Gasteiger partial charge in [-0.2, -0.15) is 0 Å². The maximum atomic E-state index is 13.9. The van der Waals surface area contributed by atoms with Crippen LogP contribution in [0.4, 0.5) is 23.2 Å². The van der Waals surface area contributed by atoms with Gasteiger partial charge >= 0.3 is 0 Å². The summed E-state index contributed by atoms with van der Waals surface area (Å²) in [4.78, 5) is 48.3. The van der Waals surface area contributed by atoms with Gasteiger partial charge in [0.15, 0.2) is 34.8 Å². The molecule has 7 nitrogen and oxygen atoms in total. The summed E-state index contributed by atoms with van der Waals surface area (Å²) in [5, 5.41) is 0.556. The molecule has 1 heterocycles. The molecule has 3 rings (SSSR count). The minimum Gasteiger partial charge on any atom is -0.394 e. The molecule has 0 bridgehead atoms. The first-order chi connectivity index (χ1) is 13.7. The van der Waals surface area contributed by atoms with E-state index in [0.29, 0.717) is 5.06 Å². The maximum Gasteiger partial charge on any atom is 0.263 e. The summed E-state index contributed by atoms with van der Waals surface area (Å²) in [6.45, 7) is 2.00. The van der Waals surface area contributed by atoms with Crippen molar-refractivity contribution in [2.75, 3.05) is 5.73 Å². The van der Waals surface area contributed by atoms with E-state index in [4.69, 9.17) is 15.4 Å². The van der Waals surface area contributed by atoms with E-state index in [9.17, 15) is 31.9 Å². The van der Waals surface area contributed by atoms with E-state index in [-0.39, 0.29) is 24.2 Å². The molecule has 2 N–H and O–H groups in total. The molecule has 0 aromatic heterocycles. The highest BCUT2D eigenvalue weighted by Crippen LogP contribution is 2.28. The number of carbonyl (C=O) groups is 4. The minimum absolute atomic E-state index is 0.00221. The molecule has 2 aromatic carbocycles. The number of rotatable bonds is 4. The first-order valence-electron chi connectivity index (χ1n) is 7.81. The molecule has 152 valence electrons. The number of hydrogen-bond donors (Lipinski definition) is 1. The molecule has 11 heteroatoms. The highest BCUT2D eigenvalue weighted by atomic mass is 19.2. The number of benzene rings is 2. The van der Waals surface area contributed by atoms with Crippen LogP contribution in [0.5, 0.6) is 5.75 Å². The number of amides is 2. The van der Waals surface area contributed by atoms with Crippen molar-refractivity contribution in [1.82, 2.24) is 5.06 Å². The normalized spacial score (nSPS) is 13.2. The predicted molar refractivity (Wildman–Crippen MR) is 89.4 cm³/mol. The first-order valence-corrected chi connectivity index (χ1v) is 7.81. The highest BCUT2D eigenvalue weighted by molar-refractivity contribution is 6.09. The second-order valence-electron chi connectivity index (χ2n) is 5.57. The number of hydroxylamine groups is 2. The van der Waals surface area contributed by atoms with Gasteiger partial charge in [0, 0.05) is 18.4 Å². The largest absolute Gasteiger partial charge is 0.394 e. The lowest BCUT2D eigenvalue weighted by atomic mass is 10.0. The summed E-state index contributed by atoms with van der Waals surface area (Å²) in [6, 6.07) is 4.39. The predicted octanol–water partition coefficient (Wildman–Crippen LogP) is 2.31. The van der Waals surface area contributed by atoms with Crippen molar-refractivity contribution in [3.63, 3.8) is 0 Å². The lowest BCUT2D eigenvalue weighted by Crippen LogP contribution is -2.32. The van der Waals surface area contributed by atoms with Crippen LogP contribution in [-0.2, 0) is 14.4 Å². The minimum atomic E-state index is -1.91. The summed E-state index contributed by atoms with van der Waals surface area (Å²) in [5.41, 5.74) is 1.77. The zero-order valence-electron chi connectivity index (χ0n) is 14.5. The van der Waals surface area contributed by atoms with E-state index < -0.39 is 52.1 Å². The Morgan fingerprint density at radius 2 is 1.34 bits per heavy atom. The number of imide groups is 1. The summed E-state index contributed by atoms with van der Waals surface area (Å²) >= 11 is 0. The van der Waals surface area contributed by atoms with E-state index in [1.807, 2.05) is 6.79 Å². The van der Waals surface area contributed by atoms with E-state index in [1.54, 1.807) is 0 Å². The number of hydrogen-bond acceptors (Lipinski definition) is 6. The van der Waals surface area contributed by atoms with Crippen LogP contribution in [-0.4, -0.2) is 29.4 Å². The van der Waals surface area contributed by atoms with Crippen LogP contribution in [0.3, 0.4) is 0 Å².